The molecule has 1 aliphatic rings. The number of benzene rings is 2. The lowest BCUT2D eigenvalue weighted by atomic mass is 10.0. The molecule has 1 N–H and O–H groups in total. The quantitative estimate of drug-likeness (QED) is 0.425. The molecule has 0 bridgehead atoms. The number of hydrogen-bond acceptors (Lipinski definition) is 6. The van der Waals surface area contributed by atoms with Crippen LogP contribution in [0.1, 0.15) is 31.0 Å². The summed E-state index contributed by atoms with van der Waals surface area (Å²) in [6.07, 6.45) is 2.30. The first-order valence-corrected chi connectivity index (χ1v) is 13.5. The number of ether oxygens (including phenoxy) is 2. The first-order valence-electron chi connectivity index (χ1n) is 11.2. The minimum Gasteiger partial charge on any atom is -0.439 e. The van der Waals surface area contributed by atoms with Gasteiger partial charge in [-0.2, -0.15) is 0 Å². The van der Waals surface area contributed by atoms with Crippen molar-refractivity contribution < 1.29 is 17.9 Å². The Balaban J connectivity index is 1.56. The first kappa shape index (κ1) is 24.7. The Morgan fingerprint density at radius 1 is 1.15 bits per heavy atom. The number of nitrogens with one attached hydrogen (secondary N) is 1. The highest BCUT2D eigenvalue weighted by Gasteiger charge is 2.22. The summed E-state index contributed by atoms with van der Waals surface area (Å²) in [6.45, 7) is 6.94. The van der Waals surface area contributed by atoms with Crippen LogP contribution in [-0.4, -0.2) is 39.7 Å². The molecule has 2 heterocycles. The molecule has 7 nitrogen and oxygen atoms in total. The highest BCUT2D eigenvalue weighted by Crippen LogP contribution is 2.31. The molecule has 4 rings (SSSR count). The van der Waals surface area contributed by atoms with Crippen molar-refractivity contribution >= 4 is 31.6 Å². The zero-order valence-corrected chi connectivity index (χ0v) is 21.6. The molecule has 1 saturated heterocycles. The third-order valence-corrected chi connectivity index (χ3v) is 7.82. The van der Waals surface area contributed by atoms with Gasteiger partial charge in [-0.3, -0.25) is 0 Å². The molecular formula is C25H28BrN3O4S. The monoisotopic (exact) mass is 545 g/mol. The van der Waals surface area contributed by atoms with Crippen LogP contribution in [0.25, 0.3) is 0 Å². The lowest BCUT2D eigenvalue weighted by Gasteiger charge is -2.29. The van der Waals surface area contributed by atoms with Crippen LogP contribution in [0.4, 0.5) is 5.69 Å². The summed E-state index contributed by atoms with van der Waals surface area (Å²) >= 11 is 3.34. The van der Waals surface area contributed by atoms with Gasteiger partial charge in [-0.25, -0.2) is 18.1 Å². The minimum atomic E-state index is -3.69. The Morgan fingerprint density at radius 3 is 2.59 bits per heavy atom. The fraction of sp³-hybridized carbons (Fsp3) is 0.320. The molecule has 3 aromatic rings. The maximum atomic E-state index is 12.9. The van der Waals surface area contributed by atoms with E-state index in [0.717, 1.165) is 34.4 Å². The molecule has 0 saturated carbocycles. The highest BCUT2D eigenvalue weighted by atomic mass is 79.9. The van der Waals surface area contributed by atoms with E-state index in [1.54, 1.807) is 30.5 Å². The first-order chi connectivity index (χ1) is 16.4. The van der Waals surface area contributed by atoms with Crippen LogP contribution in [0.3, 0.4) is 0 Å². The maximum absolute atomic E-state index is 12.9. The average molecular weight is 546 g/mol. The van der Waals surface area contributed by atoms with Gasteiger partial charge in [0.2, 0.25) is 15.9 Å². The molecule has 9 heteroatoms. The molecule has 34 heavy (non-hydrogen) atoms. The smallest absolute Gasteiger partial charge is 0.241 e. The summed E-state index contributed by atoms with van der Waals surface area (Å²) in [6, 6.07) is 15.9. The van der Waals surface area contributed by atoms with Crippen molar-refractivity contribution in [3.8, 4) is 11.6 Å². The zero-order chi connectivity index (χ0) is 24.1. The number of morpholine rings is 1. The van der Waals surface area contributed by atoms with E-state index in [1.807, 2.05) is 38.1 Å². The van der Waals surface area contributed by atoms with E-state index in [-0.39, 0.29) is 4.90 Å². The van der Waals surface area contributed by atoms with Crippen molar-refractivity contribution in [1.29, 1.82) is 0 Å². The molecule has 0 spiro atoms. The van der Waals surface area contributed by atoms with Gasteiger partial charge in [-0.05, 0) is 61.4 Å². The number of halogens is 1. The lowest BCUT2D eigenvalue weighted by Crippen LogP contribution is -2.36. The zero-order valence-electron chi connectivity index (χ0n) is 19.2. The summed E-state index contributed by atoms with van der Waals surface area (Å²) < 4.78 is 41.1. The SMILES string of the molecule is CCc1c(C(C)NS(=O)(=O)c2ccc(Br)cc2)ccnc1Oc1cccc(N2CCOCC2)c1. The second-order valence-electron chi connectivity index (χ2n) is 8.03. The van der Waals surface area contributed by atoms with Gasteiger partial charge >= 0.3 is 0 Å². The van der Waals surface area contributed by atoms with Crippen molar-refractivity contribution in [3.63, 3.8) is 0 Å². The predicted octanol–water partition coefficient (Wildman–Crippen LogP) is 5.07. The summed E-state index contributed by atoms with van der Waals surface area (Å²) in [5.41, 5.74) is 2.77. The van der Waals surface area contributed by atoms with Crippen molar-refractivity contribution in [2.24, 2.45) is 0 Å². The molecule has 2 aromatic carbocycles. The Labute approximate surface area is 209 Å². The topological polar surface area (TPSA) is 80.8 Å². The second-order valence-corrected chi connectivity index (χ2v) is 10.7. The number of sulfonamides is 1. The van der Waals surface area contributed by atoms with Gasteiger partial charge in [0, 0.05) is 47.1 Å². The molecule has 0 radical (unpaired) electrons. The van der Waals surface area contributed by atoms with Crippen LogP contribution >= 0.6 is 15.9 Å². The van der Waals surface area contributed by atoms with Crippen molar-refractivity contribution in [2.45, 2.75) is 31.2 Å². The number of aromatic nitrogens is 1. The Kier molecular flexibility index (Phi) is 7.88. The number of anilines is 1. The summed E-state index contributed by atoms with van der Waals surface area (Å²) in [4.78, 5) is 6.93. The fourth-order valence-electron chi connectivity index (χ4n) is 3.99. The van der Waals surface area contributed by atoms with E-state index >= 15 is 0 Å². The standard InChI is InChI=1S/C25H28BrN3O4S/c1-3-23-24(18(2)28-34(30,31)22-9-7-19(26)8-10-22)11-12-27-25(23)33-21-6-4-5-20(17-21)29-13-15-32-16-14-29/h4-12,17-18,28H,3,13-16H2,1-2H3. The fourth-order valence-corrected chi connectivity index (χ4v) is 5.48. The van der Waals surface area contributed by atoms with Crippen LogP contribution in [0.15, 0.2) is 70.2 Å². The van der Waals surface area contributed by atoms with Gasteiger partial charge in [0.15, 0.2) is 0 Å². The Hall–Kier alpha value is -2.46. The van der Waals surface area contributed by atoms with Gasteiger partial charge in [0.1, 0.15) is 5.75 Å². The normalized spacial score (nSPS) is 15.2. The molecule has 1 aliphatic heterocycles. The third kappa shape index (κ3) is 5.78. The van der Waals surface area contributed by atoms with Gasteiger partial charge in [0.25, 0.3) is 0 Å². The van der Waals surface area contributed by atoms with Gasteiger partial charge < -0.3 is 14.4 Å². The van der Waals surface area contributed by atoms with E-state index < -0.39 is 16.1 Å². The molecule has 180 valence electrons. The van der Waals surface area contributed by atoms with Crippen molar-refractivity contribution in [1.82, 2.24) is 9.71 Å². The van der Waals surface area contributed by atoms with E-state index in [9.17, 15) is 8.42 Å². The van der Waals surface area contributed by atoms with Gasteiger partial charge in [-0.1, -0.05) is 28.9 Å². The van der Waals surface area contributed by atoms with Crippen LogP contribution in [0, 0.1) is 0 Å². The number of pyridine rings is 1. The van der Waals surface area contributed by atoms with E-state index in [2.05, 4.69) is 36.6 Å². The summed E-state index contributed by atoms with van der Waals surface area (Å²) in [5, 5.41) is 0. The van der Waals surface area contributed by atoms with Crippen LogP contribution < -0.4 is 14.4 Å². The highest BCUT2D eigenvalue weighted by molar-refractivity contribution is 9.10. The van der Waals surface area contributed by atoms with Crippen molar-refractivity contribution in [2.75, 3.05) is 31.2 Å². The molecule has 1 fully saturated rings. The Morgan fingerprint density at radius 2 is 1.88 bits per heavy atom. The molecular weight excluding hydrogens is 518 g/mol. The van der Waals surface area contributed by atoms with Crippen molar-refractivity contribution in [3.05, 3.63) is 76.4 Å². The number of rotatable bonds is 8. The lowest BCUT2D eigenvalue weighted by molar-refractivity contribution is 0.122. The molecule has 0 amide bonds. The van der Waals surface area contributed by atoms with Crippen LogP contribution in [-0.2, 0) is 21.2 Å². The van der Waals surface area contributed by atoms with Gasteiger partial charge in [-0.15, -0.1) is 0 Å². The molecule has 0 aliphatic carbocycles. The molecule has 1 atom stereocenters. The second kappa shape index (κ2) is 10.9. The average Bonchev–Trinajstić information content (AvgIpc) is 2.84. The number of nitrogens with zero attached hydrogens (tertiary/aromatic N) is 2. The van der Waals surface area contributed by atoms with Crippen LogP contribution in [0.5, 0.6) is 11.6 Å². The third-order valence-electron chi connectivity index (χ3n) is 5.74. The van der Waals surface area contributed by atoms with Gasteiger partial charge in [0.05, 0.1) is 18.1 Å². The Bertz CT molecular complexity index is 1230. The predicted molar refractivity (Wildman–Crippen MR) is 136 cm³/mol. The van der Waals surface area contributed by atoms with E-state index in [1.165, 1.54) is 0 Å². The minimum absolute atomic E-state index is 0.214. The maximum Gasteiger partial charge on any atom is 0.241 e. The largest absolute Gasteiger partial charge is 0.439 e. The molecule has 1 aromatic heterocycles. The number of hydrogen-bond donors (Lipinski definition) is 1. The molecule has 1 unspecified atom stereocenters. The van der Waals surface area contributed by atoms with E-state index in [0.29, 0.717) is 31.3 Å². The van der Waals surface area contributed by atoms with Crippen LogP contribution in [0.2, 0.25) is 0 Å². The van der Waals surface area contributed by atoms with E-state index in [4.69, 9.17) is 9.47 Å². The summed E-state index contributed by atoms with van der Waals surface area (Å²) in [7, 11) is -3.69. The summed E-state index contributed by atoms with van der Waals surface area (Å²) in [5.74, 6) is 1.17.